The van der Waals surface area contributed by atoms with Gasteiger partial charge in [-0.1, -0.05) is 30.3 Å². The third kappa shape index (κ3) is 2.20. The number of carbonyl (C=O) groups excluding carboxylic acids is 2. The van der Waals surface area contributed by atoms with Crippen molar-refractivity contribution in [1.82, 2.24) is 0 Å². The van der Waals surface area contributed by atoms with Crippen LogP contribution < -0.4 is 11.1 Å². The number of nitrogens with one attached hydrogen (secondary N) is 1. The van der Waals surface area contributed by atoms with E-state index in [-0.39, 0.29) is 45.1 Å². The molecule has 0 saturated carbocycles. The average Bonchev–Trinajstić information content (AvgIpc) is 2.62. The molecule has 0 aromatic heterocycles. The quantitative estimate of drug-likeness (QED) is 0.327. The first kappa shape index (κ1) is 15.7. The first-order chi connectivity index (χ1) is 12.5. The number of hydrogen-bond donors (Lipinski definition) is 4. The third-order valence-electron chi connectivity index (χ3n) is 4.35. The van der Waals surface area contributed by atoms with Gasteiger partial charge >= 0.3 is 0 Å². The molecule has 1 aliphatic carbocycles. The minimum atomic E-state index is -0.575. The van der Waals surface area contributed by atoms with Crippen LogP contribution in [-0.2, 0) is 0 Å². The number of aromatic hydroxyl groups is 2. The molecule has 0 amide bonds. The van der Waals surface area contributed by atoms with E-state index in [9.17, 15) is 19.8 Å². The number of nitrogens with two attached hydrogens (primary N) is 1. The van der Waals surface area contributed by atoms with Gasteiger partial charge in [0.2, 0.25) is 5.78 Å². The molecule has 6 heteroatoms. The molecule has 0 spiro atoms. The second-order valence-electron chi connectivity index (χ2n) is 5.96. The van der Waals surface area contributed by atoms with Gasteiger partial charge in [0.25, 0.3) is 0 Å². The van der Waals surface area contributed by atoms with Crippen LogP contribution in [0.5, 0.6) is 11.5 Å². The average molecular weight is 346 g/mol. The number of para-hydroxylation sites is 1. The summed E-state index contributed by atoms with van der Waals surface area (Å²) in [5.74, 6) is -1.78. The number of anilines is 3. The lowest BCUT2D eigenvalue weighted by atomic mass is 9.81. The lowest BCUT2D eigenvalue weighted by Crippen LogP contribution is -2.23. The molecule has 0 unspecified atom stereocenters. The molecule has 0 fully saturated rings. The fourth-order valence-electron chi connectivity index (χ4n) is 3.17. The zero-order valence-electron chi connectivity index (χ0n) is 13.5. The number of fused-ring (bicyclic) bond motifs is 2. The highest BCUT2D eigenvalue weighted by Gasteiger charge is 2.37. The molecule has 0 bridgehead atoms. The normalized spacial score (nSPS) is 12.5. The van der Waals surface area contributed by atoms with Crippen molar-refractivity contribution in [2.24, 2.45) is 0 Å². The molecule has 128 valence electrons. The Balaban J connectivity index is 1.99. The Bertz CT molecular complexity index is 1070. The Kier molecular flexibility index (Phi) is 3.40. The lowest BCUT2D eigenvalue weighted by Gasteiger charge is -2.23. The maximum absolute atomic E-state index is 13.1. The Labute approximate surface area is 148 Å². The molecule has 1 aliphatic rings. The van der Waals surface area contributed by atoms with Gasteiger partial charge in [-0.05, 0) is 18.2 Å². The summed E-state index contributed by atoms with van der Waals surface area (Å²) in [6, 6.07) is 14.5. The molecular formula is C20H14N2O4. The van der Waals surface area contributed by atoms with Gasteiger partial charge in [-0.25, -0.2) is 0 Å². The first-order valence-electron chi connectivity index (χ1n) is 7.88. The summed E-state index contributed by atoms with van der Waals surface area (Å²) in [4.78, 5) is 25.9. The summed E-state index contributed by atoms with van der Waals surface area (Å²) in [6.45, 7) is 0. The standard InChI is InChI=1S/C20H14N2O4/c21-12-9-14(24)16-17(18(12)22-10-5-2-1-3-6-10)20(26)15-11(19(16)25)7-4-8-13(15)23/h1-9,22-24H,21H2. The van der Waals surface area contributed by atoms with Crippen LogP contribution >= 0.6 is 0 Å². The van der Waals surface area contributed by atoms with Crippen molar-refractivity contribution in [3.8, 4) is 11.5 Å². The molecule has 0 saturated heterocycles. The maximum Gasteiger partial charge on any atom is 0.200 e. The third-order valence-corrected chi connectivity index (χ3v) is 4.35. The summed E-state index contributed by atoms with van der Waals surface area (Å²) in [7, 11) is 0. The summed E-state index contributed by atoms with van der Waals surface area (Å²) in [5, 5.41) is 23.4. The highest BCUT2D eigenvalue weighted by atomic mass is 16.3. The summed E-state index contributed by atoms with van der Waals surface area (Å²) in [6.07, 6.45) is 0. The fraction of sp³-hybridized carbons (Fsp3) is 0. The number of carbonyl (C=O) groups is 2. The van der Waals surface area contributed by atoms with Gasteiger partial charge in [-0.3, -0.25) is 9.59 Å². The smallest absolute Gasteiger partial charge is 0.200 e. The van der Waals surface area contributed by atoms with E-state index in [2.05, 4.69) is 5.32 Å². The zero-order valence-corrected chi connectivity index (χ0v) is 13.5. The highest BCUT2D eigenvalue weighted by molar-refractivity contribution is 6.32. The first-order valence-corrected chi connectivity index (χ1v) is 7.88. The van der Waals surface area contributed by atoms with Crippen molar-refractivity contribution in [2.75, 3.05) is 11.1 Å². The Morgan fingerprint density at radius 2 is 1.50 bits per heavy atom. The second-order valence-corrected chi connectivity index (χ2v) is 5.96. The van der Waals surface area contributed by atoms with Crippen LogP contribution in [0.4, 0.5) is 17.1 Å². The lowest BCUT2D eigenvalue weighted by molar-refractivity contribution is 0.0975. The SMILES string of the molecule is Nc1cc(O)c2c(c1Nc1ccccc1)C(=O)c1c(O)cccc1C2=O. The number of hydrogen-bond acceptors (Lipinski definition) is 6. The van der Waals surface area contributed by atoms with Crippen LogP contribution in [0, 0.1) is 0 Å². The van der Waals surface area contributed by atoms with E-state index < -0.39 is 11.6 Å². The number of ketones is 2. The molecule has 0 heterocycles. The number of nitrogen functional groups attached to an aromatic ring is 1. The van der Waals surface area contributed by atoms with E-state index >= 15 is 0 Å². The molecule has 3 aromatic carbocycles. The van der Waals surface area contributed by atoms with Crippen LogP contribution in [0.2, 0.25) is 0 Å². The van der Waals surface area contributed by atoms with Crippen LogP contribution in [0.15, 0.2) is 54.6 Å². The summed E-state index contributed by atoms with van der Waals surface area (Å²) in [5.41, 5.74) is 6.79. The minimum Gasteiger partial charge on any atom is -0.507 e. The Hall–Kier alpha value is -3.80. The van der Waals surface area contributed by atoms with Crippen molar-refractivity contribution in [2.45, 2.75) is 0 Å². The predicted molar refractivity (Wildman–Crippen MR) is 97.2 cm³/mol. The van der Waals surface area contributed by atoms with E-state index in [4.69, 9.17) is 5.73 Å². The molecule has 6 nitrogen and oxygen atoms in total. The van der Waals surface area contributed by atoms with Crippen molar-refractivity contribution in [1.29, 1.82) is 0 Å². The fourth-order valence-corrected chi connectivity index (χ4v) is 3.17. The van der Waals surface area contributed by atoms with Crippen molar-refractivity contribution >= 4 is 28.6 Å². The highest BCUT2D eigenvalue weighted by Crippen LogP contribution is 2.43. The Morgan fingerprint density at radius 1 is 0.769 bits per heavy atom. The maximum atomic E-state index is 13.1. The Morgan fingerprint density at radius 3 is 2.23 bits per heavy atom. The van der Waals surface area contributed by atoms with Crippen molar-refractivity contribution < 1.29 is 19.8 Å². The number of phenolic OH excluding ortho intramolecular Hbond substituents is 2. The number of benzene rings is 3. The van der Waals surface area contributed by atoms with Crippen LogP contribution in [-0.4, -0.2) is 21.8 Å². The molecular weight excluding hydrogens is 332 g/mol. The molecule has 3 aromatic rings. The monoisotopic (exact) mass is 346 g/mol. The van der Waals surface area contributed by atoms with Gasteiger partial charge in [-0.2, -0.15) is 0 Å². The van der Waals surface area contributed by atoms with Gasteiger partial charge in [0.15, 0.2) is 5.78 Å². The van der Waals surface area contributed by atoms with E-state index in [1.54, 1.807) is 24.3 Å². The van der Waals surface area contributed by atoms with Crippen LogP contribution in [0.3, 0.4) is 0 Å². The van der Waals surface area contributed by atoms with Crippen molar-refractivity contribution in [3.05, 3.63) is 76.9 Å². The van der Waals surface area contributed by atoms with E-state index in [1.807, 2.05) is 6.07 Å². The molecule has 4 rings (SSSR count). The van der Waals surface area contributed by atoms with Gasteiger partial charge < -0.3 is 21.3 Å². The summed E-state index contributed by atoms with van der Waals surface area (Å²) < 4.78 is 0. The van der Waals surface area contributed by atoms with Gasteiger partial charge in [0.05, 0.1) is 28.1 Å². The van der Waals surface area contributed by atoms with E-state index in [0.29, 0.717) is 5.69 Å². The van der Waals surface area contributed by atoms with Gasteiger partial charge in [-0.15, -0.1) is 0 Å². The second kappa shape index (κ2) is 5.63. The largest absolute Gasteiger partial charge is 0.507 e. The van der Waals surface area contributed by atoms with Gasteiger partial charge in [0, 0.05) is 17.3 Å². The molecule has 26 heavy (non-hydrogen) atoms. The molecule has 0 radical (unpaired) electrons. The number of phenols is 2. The topological polar surface area (TPSA) is 113 Å². The molecule has 0 aliphatic heterocycles. The van der Waals surface area contributed by atoms with E-state index in [1.165, 1.54) is 24.3 Å². The summed E-state index contributed by atoms with van der Waals surface area (Å²) >= 11 is 0. The van der Waals surface area contributed by atoms with Crippen molar-refractivity contribution in [3.63, 3.8) is 0 Å². The van der Waals surface area contributed by atoms with Crippen LogP contribution in [0.1, 0.15) is 31.8 Å². The minimum absolute atomic E-state index is 0.0493. The zero-order chi connectivity index (χ0) is 18.4. The predicted octanol–water partition coefficient (Wildman–Crippen LogP) is 3.20. The molecule has 5 N–H and O–H groups in total. The number of rotatable bonds is 2. The van der Waals surface area contributed by atoms with Gasteiger partial charge in [0.1, 0.15) is 11.5 Å². The van der Waals surface area contributed by atoms with E-state index in [0.717, 1.165) is 0 Å². The molecule has 0 atom stereocenters. The van der Waals surface area contributed by atoms with Crippen LogP contribution in [0.25, 0.3) is 0 Å².